The van der Waals surface area contributed by atoms with E-state index in [2.05, 4.69) is 0 Å². The summed E-state index contributed by atoms with van der Waals surface area (Å²) < 4.78 is 0. The molecule has 5 heteroatoms. The first-order valence-electron chi connectivity index (χ1n) is 4.54. The number of carbonyl (C=O) groups is 2. The zero-order valence-corrected chi connectivity index (χ0v) is 8.06. The van der Waals surface area contributed by atoms with Gasteiger partial charge in [0.1, 0.15) is 5.92 Å². The van der Waals surface area contributed by atoms with Crippen molar-refractivity contribution in [1.29, 1.82) is 5.26 Å². The van der Waals surface area contributed by atoms with Crippen LogP contribution in [0.2, 0.25) is 0 Å². The lowest BCUT2D eigenvalue weighted by atomic mass is 10.1. The number of primary amides is 1. The van der Waals surface area contributed by atoms with Crippen molar-refractivity contribution in [3.05, 3.63) is 0 Å². The van der Waals surface area contributed by atoms with E-state index < -0.39 is 5.92 Å². The maximum atomic E-state index is 11.5. The summed E-state index contributed by atoms with van der Waals surface area (Å²) in [5, 5.41) is 8.55. The van der Waals surface area contributed by atoms with Gasteiger partial charge in [0, 0.05) is 13.1 Å². The van der Waals surface area contributed by atoms with Crippen LogP contribution < -0.4 is 5.73 Å². The summed E-state index contributed by atoms with van der Waals surface area (Å²) in [6.45, 7) is 2.44. The lowest BCUT2D eigenvalue weighted by Gasteiger charge is -2.16. The third-order valence-corrected chi connectivity index (χ3v) is 2.47. The number of rotatable bonds is 2. The highest BCUT2D eigenvalue weighted by Crippen LogP contribution is 2.17. The molecule has 1 fully saturated rings. The van der Waals surface area contributed by atoms with Gasteiger partial charge in [0.25, 0.3) is 0 Å². The van der Waals surface area contributed by atoms with Crippen molar-refractivity contribution in [2.24, 2.45) is 17.6 Å². The molecule has 0 spiro atoms. The highest BCUT2D eigenvalue weighted by Gasteiger charge is 2.31. The zero-order valence-electron chi connectivity index (χ0n) is 8.06. The Morgan fingerprint density at radius 1 is 1.64 bits per heavy atom. The van der Waals surface area contributed by atoms with Crippen LogP contribution in [0.25, 0.3) is 0 Å². The Bertz CT molecular complexity index is 295. The molecule has 2 atom stereocenters. The number of hydrogen-bond donors (Lipinski definition) is 1. The molecule has 0 aromatic heterocycles. The highest BCUT2D eigenvalue weighted by molar-refractivity contribution is 5.83. The van der Waals surface area contributed by atoms with Gasteiger partial charge in [0.2, 0.25) is 11.8 Å². The van der Waals surface area contributed by atoms with Crippen molar-refractivity contribution < 1.29 is 9.59 Å². The molecule has 2 N–H and O–H groups in total. The Hall–Kier alpha value is -1.57. The smallest absolute Gasteiger partial charge is 0.239 e. The standard InChI is InChI=1S/C9H13N3O2/c1-6(4-10)9(14)12-3-2-7(5-12)8(11)13/h6-7H,2-3,5H2,1H3,(H2,11,13). The topological polar surface area (TPSA) is 87.2 Å². The van der Waals surface area contributed by atoms with Gasteiger partial charge in [-0.05, 0) is 13.3 Å². The van der Waals surface area contributed by atoms with Gasteiger partial charge in [-0.3, -0.25) is 9.59 Å². The highest BCUT2D eigenvalue weighted by atomic mass is 16.2. The number of hydrogen-bond acceptors (Lipinski definition) is 3. The van der Waals surface area contributed by atoms with Crippen molar-refractivity contribution >= 4 is 11.8 Å². The van der Waals surface area contributed by atoms with Gasteiger partial charge in [0.05, 0.1) is 12.0 Å². The summed E-state index contributed by atoms with van der Waals surface area (Å²) in [5.41, 5.74) is 5.13. The minimum Gasteiger partial charge on any atom is -0.369 e. The maximum absolute atomic E-state index is 11.5. The van der Waals surface area contributed by atoms with E-state index in [0.29, 0.717) is 19.5 Å². The van der Waals surface area contributed by atoms with E-state index in [4.69, 9.17) is 11.0 Å². The van der Waals surface area contributed by atoms with Gasteiger partial charge in [-0.2, -0.15) is 5.26 Å². The molecule has 1 aliphatic heterocycles. The molecular formula is C9H13N3O2. The summed E-state index contributed by atoms with van der Waals surface area (Å²) >= 11 is 0. The Morgan fingerprint density at radius 3 is 2.71 bits per heavy atom. The Kier molecular flexibility index (Phi) is 3.07. The Morgan fingerprint density at radius 2 is 2.29 bits per heavy atom. The maximum Gasteiger partial charge on any atom is 0.239 e. The largest absolute Gasteiger partial charge is 0.369 e. The molecule has 0 aromatic carbocycles. The summed E-state index contributed by atoms with van der Waals surface area (Å²) in [5.74, 6) is -1.47. The fourth-order valence-electron chi connectivity index (χ4n) is 1.52. The van der Waals surface area contributed by atoms with E-state index in [-0.39, 0.29) is 17.7 Å². The predicted octanol–water partition coefficient (Wildman–Crippen LogP) is -0.520. The van der Waals surface area contributed by atoms with Crippen LogP contribution in [-0.4, -0.2) is 29.8 Å². The zero-order chi connectivity index (χ0) is 10.7. The summed E-state index contributed by atoms with van der Waals surface area (Å²) in [4.78, 5) is 23.9. The molecule has 0 saturated carbocycles. The number of nitriles is 1. The quantitative estimate of drug-likeness (QED) is 0.643. The molecule has 2 unspecified atom stereocenters. The summed E-state index contributed by atoms with van der Waals surface area (Å²) in [6, 6.07) is 1.88. The van der Waals surface area contributed by atoms with E-state index in [1.54, 1.807) is 6.92 Å². The van der Waals surface area contributed by atoms with E-state index in [1.807, 2.05) is 6.07 Å². The molecule has 0 bridgehead atoms. The lowest BCUT2D eigenvalue weighted by Crippen LogP contribution is -2.34. The average molecular weight is 195 g/mol. The molecule has 1 rings (SSSR count). The van der Waals surface area contributed by atoms with Crippen LogP contribution in [0.15, 0.2) is 0 Å². The van der Waals surface area contributed by atoms with Crippen LogP contribution in [0.3, 0.4) is 0 Å². The van der Waals surface area contributed by atoms with Gasteiger partial charge in [0.15, 0.2) is 0 Å². The molecule has 0 aromatic rings. The van der Waals surface area contributed by atoms with Crippen LogP contribution in [0.1, 0.15) is 13.3 Å². The second-order valence-electron chi connectivity index (χ2n) is 3.52. The minimum atomic E-state index is -0.637. The van der Waals surface area contributed by atoms with Crippen LogP contribution in [-0.2, 0) is 9.59 Å². The van der Waals surface area contributed by atoms with Gasteiger partial charge in [-0.15, -0.1) is 0 Å². The fraction of sp³-hybridized carbons (Fsp3) is 0.667. The summed E-state index contributed by atoms with van der Waals surface area (Å²) in [6.07, 6.45) is 0.610. The van der Waals surface area contributed by atoms with Gasteiger partial charge in [-0.25, -0.2) is 0 Å². The van der Waals surface area contributed by atoms with Crippen molar-refractivity contribution in [3.8, 4) is 6.07 Å². The van der Waals surface area contributed by atoms with Crippen LogP contribution in [0, 0.1) is 23.2 Å². The first kappa shape index (κ1) is 10.5. The van der Waals surface area contributed by atoms with Crippen LogP contribution in [0.4, 0.5) is 0 Å². The third-order valence-electron chi connectivity index (χ3n) is 2.47. The molecular weight excluding hydrogens is 182 g/mol. The molecule has 5 nitrogen and oxygen atoms in total. The molecule has 0 aliphatic carbocycles. The Labute approximate surface area is 82.5 Å². The molecule has 1 aliphatic rings. The Balaban J connectivity index is 2.55. The number of carbonyl (C=O) groups excluding carboxylic acids is 2. The molecule has 1 heterocycles. The predicted molar refractivity (Wildman–Crippen MR) is 48.7 cm³/mol. The molecule has 0 radical (unpaired) electrons. The normalized spacial score (nSPS) is 22.9. The number of nitrogens with two attached hydrogens (primary N) is 1. The molecule has 1 saturated heterocycles. The van der Waals surface area contributed by atoms with E-state index in [0.717, 1.165) is 0 Å². The number of amides is 2. The van der Waals surface area contributed by atoms with E-state index >= 15 is 0 Å². The van der Waals surface area contributed by atoms with Gasteiger partial charge in [-0.1, -0.05) is 0 Å². The molecule has 14 heavy (non-hydrogen) atoms. The van der Waals surface area contributed by atoms with Crippen molar-refractivity contribution in [2.75, 3.05) is 13.1 Å². The fourth-order valence-corrected chi connectivity index (χ4v) is 1.52. The van der Waals surface area contributed by atoms with Gasteiger partial charge >= 0.3 is 0 Å². The van der Waals surface area contributed by atoms with Crippen LogP contribution >= 0.6 is 0 Å². The molecule has 76 valence electrons. The average Bonchev–Trinajstić information content (AvgIpc) is 2.64. The second-order valence-corrected chi connectivity index (χ2v) is 3.52. The third kappa shape index (κ3) is 2.02. The SMILES string of the molecule is CC(C#N)C(=O)N1CCC(C(N)=O)C1. The number of likely N-dealkylation sites (tertiary alicyclic amines) is 1. The first-order valence-corrected chi connectivity index (χ1v) is 4.54. The van der Waals surface area contributed by atoms with E-state index in [1.165, 1.54) is 4.90 Å². The molecule has 2 amide bonds. The monoisotopic (exact) mass is 195 g/mol. The van der Waals surface area contributed by atoms with Gasteiger partial charge < -0.3 is 10.6 Å². The van der Waals surface area contributed by atoms with Crippen molar-refractivity contribution in [3.63, 3.8) is 0 Å². The number of nitrogens with zero attached hydrogens (tertiary/aromatic N) is 2. The lowest BCUT2D eigenvalue weighted by molar-refractivity contribution is -0.132. The minimum absolute atomic E-state index is 0.212. The van der Waals surface area contributed by atoms with E-state index in [9.17, 15) is 9.59 Å². The van der Waals surface area contributed by atoms with Crippen LogP contribution in [0.5, 0.6) is 0 Å². The second kappa shape index (κ2) is 4.09. The summed E-state index contributed by atoms with van der Waals surface area (Å²) in [7, 11) is 0. The van der Waals surface area contributed by atoms with Crippen molar-refractivity contribution in [2.45, 2.75) is 13.3 Å². The first-order chi connectivity index (χ1) is 6.56. The van der Waals surface area contributed by atoms with Crippen molar-refractivity contribution in [1.82, 2.24) is 4.90 Å².